The molecule has 234 valence electrons. The molecule has 0 spiro atoms. The number of ether oxygens (including phenoxy) is 1. The first-order valence-electron chi connectivity index (χ1n) is 13.0. The molecule has 0 aromatic heterocycles. The van der Waals surface area contributed by atoms with Gasteiger partial charge in [0.05, 0.1) is 19.1 Å². The second-order valence-corrected chi connectivity index (χ2v) is 13.3. The number of thioether (sulfide) groups is 2. The van der Waals surface area contributed by atoms with E-state index in [1.54, 1.807) is 6.07 Å². The minimum absolute atomic E-state index is 0.162. The third-order valence-electron chi connectivity index (χ3n) is 6.03. The largest absolute Gasteiger partial charge is 0.464 e. The van der Waals surface area contributed by atoms with Crippen LogP contribution in [-0.2, 0) is 9.53 Å². The Hall–Kier alpha value is -0.880. The fourth-order valence-corrected chi connectivity index (χ4v) is 6.51. The van der Waals surface area contributed by atoms with Gasteiger partial charge in [-0.3, -0.25) is 4.79 Å². The fraction of sp³-hybridized carbons (Fsp3) is 0.880. The van der Waals surface area contributed by atoms with Crippen LogP contribution in [0, 0.1) is 11.3 Å². The zero-order valence-electron chi connectivity index (χ0n) is 22.5. The summed E-state index contributed by atoms with van der Waals surface area (Å²) in [4.78, 5) is 12.6. The highest BCUT2D eigenvalue weighted by Crippen LogP contribution is 2.54. The molecule has 0 heterocycles. The second-order valence-electron chi connectivity index (χ2n) is 9.51. The van der Waals surface area contributed by atoms with Gasteiger partial charge in [-0.05, 0) is 25.5 Å². The number of thiocarbonyl (C=S) groups is 1. The van der Waals surface area contributed by atoms with Gasteiger partial charge in [0, 0.05) is 6.42 Å². The number of halogens is 9. The summed E-state index contributed by atoms with van der Waals surface area (Å²) in [5.74, 6) is -20.2. The predicted octanol–water partition coefficient (Wildman–Crippen LogP) is 10.1. The van der Waals surface area contributed by atoms with Gasteiger partial charge in [0.2, 0.25) is 0 Å². The van der Waals surface area contributed by atoms with E-state index in [4.69, 9.17) is 17.5 Å². The maximum atomic E-state index is 13.7. The molecular weight excluding hydrogens is 613 g/mol. The van der Waals surface area contributed by atoms with Crippen molar-refractivity contribution in [1.82, 2.24) is 0 Å². The van der Waals surface area contributed by atoms with Crippen molar-refractivity contribution >= 4 is 45.2 Å². The molecule has 0 aromatic carbocycles. The third kappa shape index (κ3) is 12.5. The third-order valence-corrected chi connectivity index (χ3v) is 8.95. The Balaban J connectivity index is 4.78. The van der Waals surface area contributed by atoms with Gasteiger partial charge in [0.15, 0.2) is 0 Å². The highest BCUT2D eigenvalue weighted by Gasteiger charge is 2.81. The molecule has 0 N–H and O–H groups in total. The van der Waals surface area contributed by atoms with E-state index in [0.717, 1.165) is 37.4 Å². The molecule has 0 amide bonds. The van der Waals surface area contributed by atoms with Crippen LogP contribution < -0.4 is 0 Å². The van der Waals surface area contributed by atoms with Crippen LogP contribution in [-0.4, -0.2) is 50.5 Å². The molecule has 0 saturated heterocycles. The number of rotatable bonds is 20. The van der Waals surface area contributed by atoms with Gasteiger partial charge in [-0.2, -0.15) is 44.8 Å². The lowest BCUT2D eigenvalue weighted by molar-refractivity contribution is -0.397. The smallest absolute Gasteiger partial charge is 0.460 e. The molecule has 0 fully saturated rings. The summed E-state index contributed by atoms with van der Waals surface area (Å²) in [5.41, 5.74) is 0. The Morgan fingerprint density at radius 1 is 0.825 bits per heavy atom. The highest BCUT2D eigenvalue weighted by atomic mass is 32.2. The van der Waals surface area contributed by atoms with Gasteiger partial charge in [-0.25, -0.2) is 0 Å². The number of hydrogen-bond acceptors (Lipinski definition) is 6. The highest BCUT2D eigenvalue weighted by molar-refractivity contribution is 8.47. The average molecular weight is 650 g/mol. The van der Waals surface area contributed by atoms with Crippen molar-refractivity contribution in [1.29, 1.82) is 5.26 Å². The quantitative estimate of drug-likeness (QED) is 0.0566. The first-order chi connectivity index (χ1) is 18.4. The number of unbranched alkanes of at least 4 members (excludes halogenated alkanes) is 9. The first-order valence-corrected chi connectivity index (χ1v) is 15.2. The molecule has 0 aromatic rings. The van der Waals surface area contributed by atoms with Crippen molar-refractivity contribution in [2.24, 2.45) is 0 Å². The summed E-state index contributed by atoms with van der Waals surface area (Å²) in [6.45, 7) is 1.89. The maximum Gasteiger partial charge on any atom is 0.460 e. The fourth-order valence-electron chi connectivity index (χ4n) is 3.44. The molecule has 0 aliphatic carbocycles. The maximum absolute atomic E-state index is 13.7. The molecule has 1 unspecified atom stereocenters. The summed E-state index contributed by atoms with van der Waals surface area (Å²) < 4.78 is 120. The molecule has 0 bridgehead atoms. The Morgan fingerprint density at radius 3 is 1.80 bits per heavy atom. The van der Waals surface area contributed by atoms with E-state index in [9.17, 15) is 44.3 Å². The normalized spacial score (nSPS) is 14.4. The SMILES string of the molecule is CCCCCCCCCCCCSC(=S)SC(C)(CCC#N)C(=O)OCCC(F)(F)C(F)(F)C(F)(F)C(F)(F)F. The summed E-state index contributed by atoms with van der Waals surface area (Å²) in [5, 5.41) is 8.88. The lowest BCUT2D eigenvalue weighted by Crippen LogP contribution is -2.61. The van der Waals surface area contributed by atoms with E-state index in [0.29, 0.717) is 5.75 Å². The molecule has 0 radical (unpaired) electrons. The molecule has 0 aliphatic rings. The topological polar surface area (TPSA) is 50.1 Å². The summed E-state index contributed by atoms with van der Waals surface area (Å²) in [6.07, 6.45) is 1.83. The Labute approximate surface area is 243 Å². The molecular formula is C25H36F9NO2S3. The van der Waals surface area contributed by atoms with Crippen molar-refractivity contribution in [2.45, 2.75) is 126 Å². The molecule has 0 saturated carbocycles. The number of hydrogen-bond donors (Lipinski definition) is 0. The van der Waals surface area contributed by atoms with Crippen LogP contribution in [0.3, 0.4) is 0 Å². The van der Waals surface area contributed by atoms with E-state index in [-0.39, 0.29) is 16.4 Å². The molecule has 0 aliphatic heterocycles. The van der Waals surface area contributed by atoms with E-state index in [2.05, 4.69) is 11.7 Å². The summed E-state index contributed by atoms with van der Waals surface area (Å²) >= 11 is 7.34. The van der Waals surface area contributed by atoms with Gasteiger partial charge in [-0.1, -0.05) is 88.7 Å². The second kappa shape index (κ2) is 17.9. The van der Waals surface area contributed by atoms with Crippen molar-refractivity contribution < 1.29 is 49.0 Å². The summed E-state index contributed by atoms with van der Waals surface area (Å²) in [6, 6.07) is 1.79. The van der Waals surface area contributed by atoms with Gasteiger partial charge >= 0.3 is 29.9 Å². The van der Waals surface area contributed by atoms with Crippen LogP contribution >= 0.6 is 35.7 Å². The zero-order valence-corrected chi connectivity index (χ0v) is 24.9. The zero-order chi connectivity index (χ0) is 31.1. The Bertz CT molecular complexity index is 820. The number of nitriles is 1. The van der Waals surface area contributed by atoms with Crippen LogP contribution in [0.5, 0.6) is 0 Å². The van der Waals surface area contributed by atoms with Crippen LogP contribution in [0.15, 0.2) is 0 Å². The minimum atomic E-state index is -7.01. The van der Waals surface area contributed by atoms with Crippen LogP contribution in [0.4, 0.5) is 39.5 Å². The Kier molecular flexibility index (Phi) is 17.5. The number of esters is 1. The number of carbonyl (C=O) groups excluding carboxylic acids is 1. The Morgan fingerprint density at radius 2 is 1.32 bits per heavy atom. The standard InChI is InChI=1S/C25H36F9NO2S3/c1-3-4-5-6-7-8-9-10-11-12-18-39-20(38)40-21(2,14-13-16-35)19(36)37-17-15-22(26,27)23(28,29)24(30,31)25(32,33)34/h3-15,17-18H2,1-2H3. The van der Waals surface area contributed by atoms with Crippen molar-refractivity contribution in [3.63, 3.8) is 0 Å². The monoisotopic (exact) mass is 649 g/mol. The van der Waals surface area contributed by atoms with E-state index < -0.39 is 47.7 Å². The first kappa shape index (κ1) is 39.1. The molecule has 15 heteroatoms. The number of alkyl halides is 9. The average Bonchev–Trinajstić information content (AvgIpc) is 2.84. The molecule has 40 heavy (non-hydrogen) atoms. The summed E-state index contributed by atoms with van der Waals surface area (Å²) in [7, 11) is 0. The van der Waals surface area contributed by atoms with Crippen LogP contribution in [0.25, 0.3) is 0 Å². The van der Waals surface area contributed by atoms with Crippen LogP contribution in [0.1, 0.15) is 97.3 Å². The number of nitrogens with zero attached hydrogens (tertiary/aromatic N) is 1. The van der Waals surface area contributed by atoms with Crippen LogP contribution in [0.2, 0.25) is 0 Å². The van der Waals surface area contributed by atoms with Gasteiger partial charge in [-0.15, -0.1) is 11.8 Å². The molecule has 0 rings (SSSR count). The van der Waals surface area contributed by atoms with Gasteiger partial charge < -0.3 is 4.74 Å². The molecule has 1 atom stereocenters. The van der Waals surface area contributed by atoms with E-state index in [1.807, 2.05) is 0 Å². The van der Waals surface area contributed by atoms with Crippen molar-refractivity contribution in [2.75, 3.05) is 12.4 Å². The lowest BCUT2D eigenvalue weighted by Gasteiger charge is -2.33. The van der Waals surface area contributed by atoms with Crippen molar-refractivity contribution in [3.05, 3.63) is 0 Å². The predicted molar refractivity (Wildman–Crippen MR) is 144 cm³/mol. The number of carbonyl (C=O) groups is 1. The van der Waals surface area contributed by atoms with Crippen molar-refractivity contribution in [3.8, 4) is 6.07 Å². The molecule has 3 nitrogen and oxygen atoms in total. The van der Waals surface area contributed by atoms with Gasteiger partial charge in [0.1, 0.15) is 8.28 Å². The lowest BCUT2D eigenvalue weighted by atomic mass is 10.0. The van der Waals surface area contributed by atoms with Gasteiger partial charge in [0.25, 0.3) is 0 Å². The van der Waals surface area contributed by atoms with E-state index >= 15 is 0 Å². The minimum Gasteiger partial charge on any atom is -0.464 e. The van der Waals surface area contributed by atoms with E-state index in [1.165, 1.54) is 57.2 Å².